The third-order valence-electron chi connectivity index (χ3n) is 16.7. The number of hydrogen-bond acceptors (Lipinski definition) is 9. The van der Waals surface area contributed by atoms with Crippen molar-refractivity contribution in [2.75, 3.05) is 26.3 Å². The molecule has 2 bridgehead atoms. The van der Waals surface area contributed by atoms with Gasteiger partial charge < -0.3 is 33.4 Å². The molecule has 4 aliphatic carbocycles. The van der Waals surface area contributed by atoms with Crippen LogP contribution in [0.3, 0.4) is 0 Å². The van der Waals surface area contributed by atoms with E-state index in [1.165, 1.54) is 61.3 Å². The van der Waals surface area contributed by atoms with Gasteiger partial charge in [-0.15, -0.1) is 0 Å². The first-order chi connectivity index (χ1) is 31.0. The van der Waals surface area contributed by atoms with Crippen molar-refractivity contribution >= 4 is 14.6 Å². The smallest absolute Gasteiger partial charge is 0.408 e. The Balaban J connectivity index is 0.949. The van der Waals surface area contributed by atoms with Crippen LogP contribution in [0.5, 0.6) is 0 Å². The molecular weight excluding hydrogens is 842 g/mol. The fourth-order valence-corrected chi connectivity index (χ4v) is 15.3. The van der Waals surface area contributed by atoms with Gasteiger partial charge in [0, 0.05) is 24.7 Å². The van der Waals surface area contributed by atoms with Crippen molar-refractivity contribution in [2.45, 2.75) is 189 Å². The lowest BCUT2D eigenvalue weighted by atomic mass is 9.47. The normalized spacial score (nSPS) is 34.6. The molecule has 1 aromatic rings. The standard InChI is InChI=1S/C51H78N5O8P/c1-12-51-31-60-43(44(51)64-65(61-28-27-52-11)56(33(4)5)34(6)7)46(63-51)55-30-36(45(57)54-47(55)58)17-14-26-53-48(59)62-38-22-24-49(9)37(29-38)18-19-39-41-21-20-40(35(8)16-13-15-32(2)3)50(41,10)25-23-42(39)49/h18,30,32-35,38-44,46H,12-13,15-16,19-29,31H2,1-10H3,(H,53,59)(H,54,57,58)/t35?,38-,39-,40+,41-,42-,43?,44-,46+,49-,50+,51+,65?/m0/s1. The van der Waals surface area contributed by atoms with E-state index in [4.69, 9.17) is 29.8 Å². The summed E-state index contributed by atoms with van der Waals surface area (Å²) in [6, 6.07) is 0.196. The molecule has 0 radical (unpaired) electrons. The Morgan fingerprint density at radius 2 is 1.85 bits per heavy atom. The molecule has 360 valence electrons. The van der Waals surface area contributed by atoms with Gasteiger partial charge in [0.1, 0.15) is 36.1 Å². The van der Waals surface area contributed by atoms with E-state index in [0.717, 1.165) is 55.3 Å². The van der Waals surface area contributed by atoms with Crippen LogP contribution in [0.25, 0.3) is 4.85 Å². The molecule has 3 heterocycles. The zero-order chi connectivity index (χ0) is 46.8. The van der Waals surface area contributed by atoms with E-state index < -0.39 is 49.9 Å². The number of aromatic amines is 1. The van der Waals surface area contributed by atoms with Crippen molar-refractivity contribution < 1.29 is 28.1 Å². The molecular formula is C51H78N5O8P. The van der Waals surface area contributed by atoms with Crippen molar-refractivity contribution in [3.05, 3.63) is 55.7 Å². The maximum Gasteiger partial charge on any atom is 0.408 e. The van der Waals surface area contributed by atoms with E-state index in [1.54, 1.807) is 0 Å². The molecule has 5 fully saturated rings. The van der Waals surface area contributed by atoms with Crippen molar-refractivity contribution in [3.63, 3.8) is 0 Å². The molecule has 14 heteroatoms. The summed E-state index contributed by atoms with van der Waals surface area (Å²) < 4.78 is 35.3. The molecule has 13 atom stereocenters. The number of hydrogen-bond donors (Lipinski definition) is 2. The fraction of sp³-hybridized carbons (Fsp3) is 0.804. The predicted octanol–water partition coefficient (Wildman–Crippen LogP) is 9.77. The Bertz CT molecular complexity index is 2100. The topological polar surface area (TPSA) is 138 Å². The quantitative estimate of drug-likeness (QED) is 0.0515. The van der Waals surface area contributed by atoms with Gasteiger partial charge in [-0.1, -0.05) is 84.3 Å². The van der Waals surface area contributed by atoms with Gasteiger partial charge in [-0.3, -0.25) is 14.3 Å². The Hall–Kier alpha value is -3.03. The number of alkyl carbamates (subject to hydrolysis) is 1. The number of H-pyrrole nitrogens is 1. The Morgan fingerprint density at radius 3 is 2.55 bits per heavy atom. The second-order valence-corrected chi connectivity index (χ2v) is 23.1. The third kappa shape index (κ3) is 10.1. The van der Waals surface area contributed by atoms with E-state index >= 15 is 0 Å². The molecule has 0 aromatic carbocycles. The molecule has 7 rings (SSSR count). The molecule has 2 saturated heterocycles. The minimum Gasteiger partial charge on any atom is -0.446 e. The van der Waals surface area contributed by atoms with E-state index in [9.17, 15) is 14.4 Å². The van der Waals surface area contributed by atoms with Crippen molar-refractivity contribution in [2.24, 2.45) is 46.3 Å². The molecule has 3 saturated carbocycles. The number of aromatic nitrogens is 2. The number of amides is 1. The number of fused-ring (bicyclic) bond motifs is 7. The average Bonchev–Trinajstić information content (AvgIpc) is 3.89. The van der Waals surface area contributed by atoms with E-state index in [-0.39, 0.29) is 55.5 Å². The van der Waals surface area contributed by atoms with Crippen LogP contribution in [-0.4, -0.2) is 82.6 Å². The van der Waals surface area contributed by atoms with Gasteiger partial charge in [0.25, 0.3) is 14.1 Å². The van der Waals surface area contributed by atoms with Crippen LogP contribution in [0.15, 0.2) is 27.4 Å². The monoisotopic (exact) mass is 920 g/mol. The Labute approximate surface area is 389 Å². The van der Waals surface area contributed by atoms with Crippen molar-refractivity contribution in [1.29, 1.82) is 0 Å². The minimum absolute atomic E-state index is 0.0362. The summed E-state index contributed by atoms with van der Waals surface area (Å²) in [6.45, 7) is 30.6. The molecule has 2 aliphatic heterocycles. The first-order valence-corrected chi connectivity index (χ1v) is 26.1. The van der Waals surface area contributed by atoms with Crippen LogP contribution < -0.4 is 16.6 Å². The maximum atomic E-state index is 13.3. The minimum atomic E-state index is -1.61. The van der Waals surface area contributed by atoms with Gasteiger partial charge in [0.15, 0.2) is 6.23 Å². The summed E-state index contributed by atoms with van der Waals surface area (Å²) >= 11 is 0. The maximum absolute atomic E-state index is 13.3. The summed E-state index contributed by atoms with van der Waals surface area (Å²) in [5.74, 6) is 10.4. The van der Waals surface area contributed by atoms with Crippen LogP contribution >= 0.6 is 8.53 Å². The lowest BCUT2D eigenvalue weighted by Crippen LogP contribution is -2.51. The second-order valence-electron chi connectivity index (χ2n) is 21.7. The molecule has 13 nitrogen and oxygen atoms in total. The summed E-state index contributed by atoms with van der Waals surface area (Å²) in [5.41, 5.74) is -0.0172. The molecule has 65 heavy (non-hydrogen) atoms. The number of ether oxygens (including phenoxy) is 3. The Kier molecular flexibility index (Phi) is 15.9. The van der Waals surface area contributed by atoms with Crippen LogP contribution in [0.2, 0.25) is 0 Å². The van der Waals surface area contributed by atoms with Gasteiger partial charge in [-0.2, -0.15) is 0 Å². The molecule has 0 spiro atoms. The van der Waals surface area contributed by atoms with Crippen LogP contribution in [0.1, 0.15) is 158 Å². The number of nitrogens with one attached hydrogen (secondary N) is 2. The van der Waals surface area contributed by atoms with Crippen molar-refractivity contribution in [3.8, 4) is 11.8 Å². The Morgan fingerprint density at radius 1 is 1.08 bits per heavy atom. The fourth-order valence-electron chi connectivity index (χ4n) is 13.5. The third-order valence-corrected chi connectivity index (χ3v) is 18.9. The van der Waals surface area contributed by atoms with Gasteiger partial charge in [0.05, 0.1) is 13.2 Å². The lowest BCUT2D eigenvalue weighted by molar-refractivity contribution is -0.175. The summed E-state index contributed by atoms with van der Waals surface area (Å²) in [5, 5.41) is 2.76. The molecule has 3 unspecified atom stereocenters. The number of carbonyl (C=O) groups excluding carboxylic acids is 1. The largest absolute Gasteiger partial charge is 0.446 e. The van der Waals surface area contributed by atoms with Gasteiger partial charge >= 0.3 is 11.8 Å². The average molecular weight is 920 g/mol. The zero-order valence-corrected chi connectivity index (χ0v) is 41.8. The number of allylic oxidation sites excluding steroid dienone is 1. The lowest BCUT2D eigenvalue weighted by Gasteiger charge is -2.58. The highest BCUT2D eigenvalue weighted by molar-refractivity contribution is 7.44. The summed E-state index contributed by atoms with van der Waals surface area (Å²) in [4.78, 5) is 45.2. The second kappa shape index (κ2) is 20.7. The summed E-state index contributed by atoms with van der Waals surface area (Å²) in [7, 11) is -1.61. The molecule has 1 aromatic heterocycles. The molecule has 1 amide bonds. The first kappa shape index (κ1) is 49.9. The van der Waals surface area contributed by atoms with Crippen molar-refractivity contribution in [1.82, 2.24) is 19.5 Å². The number of nitrogens with zero attached hydrogens (tertiary/aromatic N) is 3. The zero-order valence-electron chi connectivity index (χ0n) is 41.0. The number of rotatable bonds is 17. The van der Waals surface area contributed by atoms with Crippen LogP contribution in [0.4, 0.5) is 4.79 Å². The highest BCUT2D eigenvalue weighted by Gasteiger charge is 2.64. The summed E-state index contributed by atoms with van der Waals surface area (Å²) in [6.07, 6.45) is 14.9. The first-order valence-electron chi connectivity index (χ1n) is 24.9. The molecule has 2 N–H and O–H groups in total. The highest BCUT2D eigenvalue weighted by Crippen LogP contribution is 2.67. The van der Waals surface area contributed by atoms with E-state index in [2.05, 4.69) is 100 Å². The van der Waals surface area contributed by atoms with E-state index in [0.29, 0.717) is 17.8 Å². The predicted molar refractivity (Wildman–Crippen MR) is 254 cm³/mol. The van der Waals surface area contributed by atoms with Gasteiger partial charge in [0.2, 0.25) is 6.54 Å². The van der Waals surface area contributed by atoms with Crippen LogP contribution in [-0.2, 0) is 23.3 Å². The van der Waals surface area contributed by atoms with Gasteiger partial charge in [-0.05, 0) is 125 Å². The van der Waals surface area contributed by atoms with Crippen LogP contribution in [0, 0.1) is 64.8 Å². The SMILES string of the molecule is [C-]#[N+]CCOP(O[C@H]1C2OC[C@@]1(CC)O[C@H]2n1cc(C#CCNC(=O)O[C@H]2CC[C@@]3(C)C(=CC[C@H]4[C@@H]5CC[C@H](C(C)CCCC(C)C)[C@@]5(C)CC[C@@H]43)C2)c(=O)[nH]c1=O)N(C(C)C)C(C)C. The number of carbonyl (C=O) groups is 1. The highest BCUT2D eigenvalue weighted by atomic mass is 31.2. The van der Waals surface area contributed by atoms with E-state index in [1.807, 2.05) is 6.92 Å². The molecule has 6 aliphatic rings. The van der Waals surface area contributed by atoms with Gasteiger partial charge in [-0.25, -0.2) is 20.8 Å².